The lowest BCUT2D eigenvalue weighted by Gasteiger charge is -2.13. The van der Waals surface area contributed by atoms with Crippen molar-refractivity contribution in [2.45, 2.75) is 194 Å². The van der Waals surface area contributed by atoms with E-state index < -0.39 is 0 Å². The third-order valence-corrected chi connectivity index (χ3v) is 9.93. The second-order valence-corrected chi connectivity index (χ2v) is 14.6. The third-order valence-electron chi connectivity index (χ3n) is 9.93. The van der Waals surface area contributed by atoms with Gasteiger partial charge in [0.15, 0.2) is 11.6 Å². The molecule has 0 saturated carbocycles. The van der Waals surface area contributed by atoms with E-state index in [2.05, 4.69) is 38.2 Å². The molecule has 0 saturated heterocycles. The first-order chi connectivity index (χ1) is 25.2. The minimum atomic E-state index is 0.111. The van der Waals surface area contributed by atoms with Crippen molar-refractivity contribution in [3.8, 4) is 11.5 Å². The van der Waals surface area contributed by atoms with Crippen LogP contribution in [0.1, 0.15) is 214 Å². The van der Waals surface area contributed by atoms with Crippen LogP contribution in [0, 0.1) is 0 Å². The van der Waals surface area contributed by atoms with Crippen LogP contribution in [0.3, 0.4) is 0 Å². The summed E-state index contributed by atoms with van der Waals surface area (Å²) in [7, 11) is 0. The topological polar surface area (TPSA) is 43.4 Å². The van der Waals surface area contributed by atoms with Crippen LogP contribution in [-0.4, -0.2) is 11.6 Å². The Bertz CT molecular complexity index is 1110. The lowest BCUT2D eigenvalue weighted by molar-refractivity contribution is 0.0972. The van der Waals surface area contributed by atoms with Crippen LogP contribution >= 0.6 is 0 Å². The number of benzene rings is 2. The number of ketones is 2. The molecule has 0 unspecified atom stereocenters. The molecule has 0 atom stereocenters. The van der Waals surface area contributed by atoms with Crippen LogP contribution in [0.4, 0.5) is 0 Å². The number of para-hydroxylation sites is 2. The summed E-state index contributed by atoms with van der Waals surface area (Å²) in [5.74, 6) is 1.30. The minimum absolute atomic E-state index is 0.111. The van der Waals surface area contributed by atoms with Gasteiger partial charge in [-0.3, -0.25) is 9.59 Å². The van der Waals surface area contributed by atoms with E-state index in [-0.39, 0.29) is 11.6 Å². The van der Waals surface area contributed by atoms with Crippen LogP contribution in [-0.2, 0) is 0 Å². The zero-order valence-electron chi connectivity index (χ0n) is 33.0. The Morgan fingerprint density at radius 3 is 1.06 bits per heavy atom. The molecule has 0 aromatic heterocycles. The van der Waals surface area contributed by atoms with Gasteiger partial charge in [-0.15, -0.1) is 0 Å². The zero-order chi connectivity index (χ0) is 36.5. The van der Waals surface area contributed by atoms with E-state index in [0.717, 1.165) is 25.7 Å². The first kappa shape index (κ1) is 44.2. The Morgan fingerprint density at radius 2 is 0.706 bits per heavy atom. The normalized spacial score (nSPS) is 11.6. The summed E-state index contributed by atoms with van der Waals surface area (Å²) in [6.07, 6.45) is 42.8. The van der Waals surface area contributed by atoms with E-state index in [4.69, 9.17) is 4.74 Å². The van der Waals surface area contributed by atoms with Crippen molar-refractivity contribution in [1.29, 1.82) is 0 Å². The van der Waals surface area contributed by atoms with Gasteiger partial charge in [0, 0.05) is 12.8 Å². The van der Waals surface area contributed by atoms with Crippen LogP contribution in [0.15, 0.2) is 72.8 Å². The smallest absolute Gasteiger partial charge is 0.166 e. The number of hydrogen-bond donors (Lipinski definition) is 0. The van der Waals surface area contributed by atoms with E-state index in [0.29, 0.717) is 35.5 Å². The van der Waals surface area contributed by atoms with Crippen molar-refractivity contribution in [3.05, 3.63) is 84.0 Å². The largest absolute Gasteiger partial charge is 0.456 e. The summed E-state index contributed by atoms with van der Waals surface area (Å²) >= 11 is 0. The van der Waals surface area contributed by atoms with Gasteiger partial charge in [-0.1, -0.05) is 165 Å². The van der Waals surface area contributed by atoms with Crippen molar-refractivity contribution in [1.82, 2.24) is 0 Å². The summed E-state index contributed by atoms with van der Waals surface area (Å²) in [6, 6.07) is 15.0. The Labute approximate surface area is 314 Å². The molecule has 0 amide bonds. The molecule has 0 radical (unpaired) electrons. The predicted octanol–water partition coefficient (Wildman–Crippen LogP) is 15.9. The fraction of sp³-hybridized carbons (Fsp3) is 0.625. The van der Waals surface area contributed by atoms with Gasteiger partial charge in [-0.05, 0) is 88.5 Å². The molecule has 0 fully saturated rings. The van der Waals surface area contributed by atoms with Gasteiger partial charge in [-0.25, -0.2) is 0 Å². The molecule has 0 aliphatic carbocycles. The summed E-state index contributed by atoms with van der Waals surface area (Å²) in [5, 5.41) is 0. The standard InChI is InChI=1S/C48H74O3/c1-3-5-7-9-11-13-15-17-19-21-23-25-27-29-31-39-45(49)43-37-33-35-41-47(43)51-48-42-36-34-38-44(48)46(50)40-32-30-28-26-24-22-20-18-16-14-12-10-8-6-4-2/h17-20,33-38,41-42H,3-16,21-32,39-40H2,1-2H3. The maximum absolute atomic E-state index is 13.2. The predicted molar refractivity (Wildman–Crippen MR) is 221 cm³/mol. The zero-order valence-corrected chi connectivity index (χ0v) is 33.0. The number of hydrogen-bond acceptors (Lipinski definition) is 3. The highest BCUT2D eigenvalue weighted by Gasteiger charge is 2.17. The van der Waals surface area contributed by atoms with Gasteiger partial charge < -0.3 is 4.74 Å². The van der Waals surface area contributed by atoms with E-state index in [1.54, 1.807) is 0 Å². The SMILES string of the molecule is CCCCCCCCC=CCCCCCCCC(=O)c1ccccc1Oc1ccccc1C(=O)CCCCCCCC=CCCCCCCCC. The fourth-order valence-electron chi connectivity index (χ4n) is 6.67. The molecule has 0 aliphatic rings. The van der Waals surface area contributed by atoms with Crippen LogP contribution < -0.4 is 4.74 Å². The van der Waals surface area contributed by atoms with Crippen molar-refractivity contribution in [2.75, 3.05) is 0 Å². The lowest BCUT2D eigenvalue weighted by atomic mass is 10.0. The molecule has 0 spiro atoms. The Kier molecular flexibility index (Phi) is 27.5. The first-order valence-electron chi connectivity index (χ1n) is 21.4. The molecule has 2 aromatic carbocycles. The molecule has 0 bridgehead atoms. The van der Waals surface area contributed by atoms with Gasteiger partial charge in [-0.2, -0.15) is 0 Å². The van der Waals surface area contributed by atoms with Gasteiger partial charge in [0.1, 0.15) is 11.5 Å². The molecule has 0 aliphatic heterocycles. The lowest BCUT2D eigenvalue weighted by Crippen LogP contribution is -2.05. The van der Waals surface area contributed by atoms with Gasteiger partial charge in [0.05, 0.1) is 11.1 Å². The average Bonchev–Trinajstić information content (AvgIpc) is 3.15. The molecule has 3 nitrogen and oxygen atoms in total. The Hall–Kier alpha value is -2.94. The molecule has 3 heteroatoms. The number of ether oxygens (including phenoxy) is 1. The number of Topliss-reactive ketones (excluding diaryl/α,β-unsaturated/α-hetero) is 2. The Balaban J connectivity index is 1.63. The first-order valence-corrected chi connectivity index (χ1v) is 21.4. The monoisotopic (exact) mass is 699 g/mol. The number of allylic oxidation sites excluding steroid dienone is 4. The molecule has 284 valence electrons. The highest BCUT2D eigenvalue weighted by atomic mass is 16.5. The molecular formula is C48H74O3. The molecule has 51 heavy (non-hydrogen) atoms. The quantitative estimate of drug-likeness (QED) is 0.0415. The summed E-state index contributed by atoms with van der Waals surface area (Å²) in [6.45, 7) is 4.54. The maximum atomic E-state index is 13.2. The van der Waals surface area contributed by atoms with Gasteiger partial charge >= 0.3 is 0 Å². The van der Waals surface area contributed by atoms with Gasteiger partial charge in [0.25, 0.3) is 0 Å². The van der Waals surface area contributed by atoms with Crippen molar-refractivity contribution in [2.24, 2.45) is 0 Å². The molecule has 0 heterocycles. The van der Waals surface area contributed by atoms with Crippen LogP contribution in [0.5, 0.6) is 11.5 Å². The molecule has 2 aromatic rings. The highest BCUT2D eigenvalue weighted by molar-refractivity contribution is 6.00. The third kappa shape index (κ3) is 22.6. The van der Waals surface area contributed by atoms with Crippen LogP contribution in [0.2, 0.25) is 0 Å². The summed E-state index contributed by atoms with van der Waals surface area (Å²) in [5.41, 5.74) is 1.21. The Morgan fingerprint density at radius 1 is 0.412 bits per heavy atom. The minimum Gasteiger partial charge on any atom is -0.456 e. The molecule has 2 rings (SSSR count). The average molecular weight is 699 g/mol. The van der Waals surface area contributed by atoms with E-state index in [1.807, 2.05) is 48.5 Å². The van der Waals surface area contributed by atoms with E-state index in [1.165, 1.54) is 141 Å². The summed E-state index contributed by atoms with van der Waals surface area (Å²) < 4.78 is 6.29. The molecule has 0 N–H and O–H groups in total. The van der Waals surface area contributed by atoms with Crippen molar-refractivity contribution in [3.63, 3.8) is 0 Å². The van der Waals surface area contributed by atoms with Crippen molar-refractivity contribution < 1.29 is 14.3 Å². The number of rotatable bonds is 34. The number of unbranched alkanes of at least 4 members (excludes halogenated alkanes) is 22. The molecular weight excluding hydrogens is 625 g/mol. The number of carbonyl (C=O) groups is 2. The van der Waals surface area contributed by atoms with E-state index in [9.17, 15) is 9.59 Å². The second kappa shape index (κ2) is 31.8. The fourth-order valence-corrected chi connectivity index (χ4v) is 6.67. The van der Waals surface area contributed by atoms with Crippen LogP contribution in [0.25, 0.3) is 0 Å². The highest BCUT2D eigenvalue weighted by Crippen LogP contribution is 2.30. The second-order valence-electron chi connectivity index (χ2n) is 14.6. The summed E-state index contributed by atoms with van der Waals surface area (Å²) in [4.78, 5) is 26.4. The number of carbonyl (C=O) groups excluding carboxylic acids is 2. The maximum Gasteiger partial charge on any atom is 0.166 e. The van der Waals surface area contributed by atoms with E-state index >= 15 is 0 Å². The van der Waals surface area contributed by atoms with Crippen molar-refractivity contribution >= 4 is 11.6 Å². The van der Waals surface area contributed by atoms with Gasteiger partial charge in [0.2, 0.25) is 0 Å².